The molecule has 4 nitrogen and oxygen atoms in total. The van der Waals surface area contributed by atoms with Crippen LogP contribution in [0.2, 0.25) is 5.02 Å². The quantitative estimate of drug-likeness (QED) is 0.697. The summed E-state index contributed by atoms with van der Waals surface area (Å²) in [5, 5.41) is 4.09. The van der Waals surface area contributed by atoms with E-state index in [1.54, 1.807) is 29.2 Å². The topological polar surface area (TPSA) is 47.3 Å². The maximum absolute atomic E-state index is 13.1. The van der Waals surface area contributed by atoms with Gasteiger partial charge in [-0.2, -0.15) is 5.10 Å². The number of fused-ring (bicyclic) bond motifs is 1. The minimum absolute atomic E-state index is 0.0110. The third-order valence-electron chi connectivity index (χ3n) is 2.97. The largest absolute Gasteiger partial charge is 0.294 e. The zero-order chi connectivity index (χ0) is 14.1. The SMILES string of the molecule is O=C(Cc1ccc(F)c(Cl)c1)c1cnn2ccncc12. The lowest BCUT2D eigenvalue weighted by atomic mass is 10.0. The summed E-state index contributed by atoms with van der Waals surface area (Å²) in [6.07, 6.45) is 6.48. The van der Waals surface area contributed by atoms with E-state index >= 15 is 0 Å². The first-order chi connectivity index (χ1) is 9.65. The van der Waals surface area contributed by atoms with Gasteiger partial charge in [0.05, 0.1) is 28.5 Å². The van der Waals surface area contributed by atoms with Crippen molar-refractivity contribution in [1.82, 2.24) is 14.6 Å². The Morgan fingerprint density at radius 1 is 1.35 bits per heavy atom. The van der Waals surface area contributed by atoms with Gasteiger partial charge in [0.1, 0.15) is 5.82 Å². The monoisotopic (exact) mass is 289 g/mol. The number of carbonyl (C=O) groups excluding carboxylic acids is 1. The molecule has 2 aromatic heterocycles. The zero-order valence-corrected chi connectivity index (χ0v) is 11.0. The van der Waals surface area contributed by atoms with Gasteiger partial charge in [0.15, 0.2) is 5.78 Å². The molecule has 0 atom stereocenters. The summed E-state index contributed by atoms with van der Waals surface area (Å²) in [4.78, 5) is 16.2. The highest BCUT2D eigenvalue weighted by atomic mass is 35.5. The molecule has 100 valence electrons. The van der Waals surface area contributed by atoms with Crippen LogP contribution in [-0.2, 0) is 6.42 Å². The van der Waals surface area contributed by atoms with E-state index in [-0.39, 0.29) is 17.2 Å². The number of hydrogen-bond acceptors (Lipinski definition) is 3. The van der Waals surface area contributed by atoms with Gasteiger partial charge >= 0.3 is 0 Å². The molecule has 0 radical (unpaired) electrons. The fourth-order valence-electron chi connectivity index (χ4n) is 1.98. The minimum Gasteiger partial charge on any atom is -0.294 e. The lowest BCUT2D eigenvalue weighted by Crippen LogP contribution is -2.03. The number of Topliss-reactive ketones (excluding diaryl/α,β-unsaturated/α-hetero) is 1. The molecular weight excluding hydrogens is 281 g/mol. The molecule has 3 aromatic rings. The number of ketones is 1. The van der Waals surface area contributed by atoms with Gasteiger partial charge in [-0.3, -0.25) is 9.78 Å². The Bertz CT molecular complexity index is 800. The Morgan fingerprint density at radius 3 is 3.00 bits per heavy atom. The number of nitrogens with zero attached hydrogens (tertiary/aromatic N) is 3. The van der Waals surface area contributed by atoms with Gasteiger partial charge in [0.2, 0.25) is 0 Å². The third-order valence-corrected chi connectivity index (χ3v) is 3.26. The maximum atomic E-state index is 13.1. The van der Waals surface area contributed by atoms with E-state index < -0.39 is 5.82 Å². The second kappa shape index (κ2) is 5.02. The Labute approximate surface area is 118 Å². The van der Waals surface area contributed by atoms with Gasteiger partial charge in [0.25, 0.3) is 0 Å². The van der Waals surface area contributed by atoms with E-state index in [2.05, 4.69) is 10.1 Å². The summed E-state index contributed by atoms with van der Waals surface area (Å²) >= 11 is 5.70. The average molecular weight is 290 g/mol. The number of halogens is 2. The lowest BCUT2D eigenvalue weighted by molar-refractivity contribution is 0.0994. The summed E-state index contributed by atoms with van der Waals surface area (Å²) in [5.74, 6) is -0.612. The predicted octanol–water partition coefficient (Wildman–Crippen LogP) is 2.95. The van der Waals surface area contributed by atoms with Crippen molar-refractivity contribution in [1.29, 1.82) is 0 Å². The number of benzene rings is 1. The Kier molecular flexibility index (Phi) is 3.20. The Hall–Kier alpha value is -2.27. The van der Waals surface area contributed by atoms with E-state index in [0.717, 1.165) is 0 Å². The van der Waals surface area contributed by atoms with Crippen molar-refractivity contribution in [2.45, 2.75) is 6.42 Å². The number of aromatic nitrogens is 3. The predicted molar refractivity (Wildman–Crippen MR) is 72.4 cm³/mol. The molecule has 3 rings (SSSR count). The zero-order valence-electron chi connectivity index (χ0n) is 10.3. The number of hydrogen-bond donors (Lipinski definition) is 0. The molecule has 0 bridgehead atoms. The van der Waals surface area contributed by atoms with Gasteiger partial charge in [-0.1, -0.05) is 17.7 Å². The molecule has 0 saturated heterocycles. The standard InChI is InChI=1S/C14H9ClFN3O/c15-11-5-9(1-2-12(11)16)6-14(20)10-7-18-19-4-3-17-8-13(10)19/h1-5,7-8H,6H2. The molecule has 2 heterocycles. The molecule has 0 aliphatic rings. The van der Waals surface area contributed by atoms with Crippen LogP contribution in [0.3, 0.4) is 0 Å². The first-order valence-electron chi connectivity index (χ1n) is 5.89. The summed E-state index contributed by atoms with van der Waals surface area (Å²) in [6.45, 7) is 0. The Balaban J connectivity index is 1.91. The first kappa shape index (κ1) is 12.7. The summed E-state index contributed by atoms with van der Waals surface area (Å²) < 4.78 is 14.7. The molecule has 0 saturated carbocycles. The third kappa shape index (κ3) is 2.28. The lowest BCUT2D eigenvalue weighted by Gasteiger charge is -2.02. The summed E-state index contributed by atoms with van der Waals surface area (Å²) in [7, 11) is 0. The summed E-state index contributed by atoms with van der Waals surface area (Å²) in [5.41, 5.74) is 1.79. The van der Waals surface area contributed by atoms with Crippen LogP contribution >= 0.6 is 11.6 Å². The van der Waals surface area contributed by atoms with Gasteiger partial charge in [-0.05, 0) is 17.7 Å². The van der Waals surface area contributed by atoms with Crippen molar-refractivity contribution in [3.05, 3.63) is 65.0 Å². The van der Waals surface area contributed by atoms with E-state index in [9.17, 15) is 9.18 Å². The Morgan fingerprint density at radius 2 is 2.20 bits per heavy atom. The smallest absolute Gasteiger partial charge is 0.171 e. The molecule has 0 N–H and O–H groups in total. The molecule has 0 aliphatic carbocycles. The van der Waals surface area contributed by atoms with Crippen LogP contribution in [0.25, 0.3) is 5.52 Å². The first-order valence-corrected chi connectivity index (χ1v) is 6.27. The van der Waals surface area contributed by atoms with Crippen molar-refractivity contribution in [3.8, 4) is 0 Å². The molecule has 20 heavy (non-hydrogen) atoms. The summed E-state index contributed by atoms with van der Waals surface area (Å²) in [6, 6.07) is 4.25. The van der Waals surface area contributed by atoms with Crippen molar-refractivity contribution < 1.29 is 9.18 Å². The molecular formula is C14H9ClFN3O. The van der Waals surface area contributed by atoms with Crippen molar-refractivity contribution in [2.75, 3.05) is 0 Å². The van der Waals surface area contributed by atoms with Crippen LogP contribution in [0.1, 0.15) is 15.9 Å². The van der Waals surface area contributed by atoms with Crippen LogP contribution in [0.15, 0.2) is 43.0 Å². The average Bonchev–Trinajstić information content (AvgIpc) is 2.87. The van der Waals surface area contributed by atoms with Crippen molar-refractivity contribution in [2.24, 2.45) is 0 Å². The molecule has 0 spiro atoms. The minimum atomic E-state index is -0.497. The van der Waals surface area contributed by atoms with Crippen LogP contribution in [-0.4, -0.2) is 20.4 Å². The molecule has 1 aromatic carbocycles. The van der Waals surface area contributed by atoms with E-state index in [0.29, 0.717) is 16.6 Å². The van der Waals surface area contributed by atoms with Gasteiger partial charge in [0, 0.05) is 18.8 Å². The van der Waals surface area contributed by atoms with Crippen LogP contribution in [0, 0.1) is 5.82 Å². The van der Waals surface area contributed by atoms with Crippen LogP contribution in [0.5, 0.6) is 0 Å². The van der Waals surface area contributed by atoms with Crippen LogP contribution < -0.4 is 0 Å². The molecule has 0 fully saturated rings. The van der Waals surface area contributed by atoms with Gasteiger partial charge in [-0.25, -0.2) is 8.91 Å². The fourth-order valence-corrected chi connectivity index (χ4v) is 2.18. The highest BCUT2D eigenvalue weighted by molar-refractivity contribution is 6.30. The normalized spacial score (nSPS) is 10.9. The fraction of sp³-hybridized carbons (Fsp3) is 0.0714. The van der Waals surface area contributed by atoms with E-state index in [4.69, 9.17) is 11.6 Å². The molecule has 6 heteroatoms. The van der Waals surface area contributed by atoms with E-state index in [1.807, 2.05) is 0 Å². The highest BCUT2D eigenvalue weighted by Crippen LogP contribution is 2.18. The van der Waals surface area contributed by atoms with Crippen molar-refractivity contribution >= 4 is 22.9 Å². The van der Waals surface area contributed by atoms with Gasteiger partial charge < -0.3 is 0 Å². The second-order valence-electron chi connectivity index (χ2n) is 4.31. The molecule has 0 unspecified atom stereocenters. The number of rotatable bonds is 3. The van der Waals surface area contributed by atoms with Crippen LogP contribution in [0.4, 0.5) is 4.39 Å². The van der Waals surface area contributed by atoms with E-state index in [1.165, 1.54) is 18.3 Å². The molecule has 0 amide bonds. The molecule has 0 aliphatic heterocycles. The second-order valence-corrected chi connectivity index (χ2v) is 4.72. The maximum Gasteiger partial charge on any atom is 0.171 e. The van der Waals surface area contributed by atoms with Gasteiger partial charge in [-0.15, -0.1) is 0 Å². The number of carbonyl (C=O) groups is 1. The highest BCUT2D eigenvalue weighted by Gasteiger charge is 2.14. The van der Waals surface area contributed by atoms with Crippen molar-refractivity contribution in [3.63, 3.8) is 0 Å².